The van der Waals surface area contributed by atoms with Gasteiger partial charge in [-0.3, -0.25) is 4.79 Å². The molecule has 0 bridgehead atoms. The zero-order valence-electron chi connectivity index (χ0n) is 14.9. The number of thiazole rings is 1. The summed E-state index contributed by atoms with van der Waals surface area (Å²) >= 11 is 0.968. The summed E-state index contributed by atoms with van der Waals surface area (Å²) in [5.74, 6) is -1.10. The summed E-state index contributed by atoms with van der Waals surface area (Å²) in [5, 5.41) is 2.54. The van der Waals surface area contributed by atoms with Gasteiger partial charge >= 0.3 is 6.18 Å². The predicted molar refractivity (Wildman–Crippen MR) is 102 cm³/mol. The van der Waals surface area contributed by atoms with Gasteiger partial charge in [-0.2, -0.15) is 13.2 Å². The van der Waals surface area contributed by atoms with Crippen LogP contribution in [0.3, 0.4) is 0 Å². The van der Waals surface area contributed by atoms with E-state index in [-0.39, 0.29) is 16.2 Å². The predicted octanol–water partition coefficient (Wildman–Crippen LogP) is 4.54. The largest absolute Gasteiger partial charge is 0.416 e. The van der Waals surface area contributed by atoms with E-state index in [1.54, 1.807) is 12.1 Å². The number of carbonyl (C=O) groups excluding carboxylic acids is 1. The molecule has 0 atom stereocenters. The Hall–Kier alpha value is -2.72. The highest BCUT2D eigenvalue weighted by Crippen LogP contribution is 2.33. The summed E-state index contributed by atoms with van der Waals surface area (Å²) < 4.78 is 58.6. The summed E-state index contributed by atoms with van der Waals surface area (Å²) in [7, 11) is 0. The lowest BCUT2D eigenvalue weighted by molar-refractivity contribution is -0.137. The van der Waals surface area contributed by atoms with Gasteiger partial charge in [-0.25, -0.2) is 9.37 Å². The van der Waals surface area contributed by atoms with E-state index in [0.29, 0.717) is 36.7 Å². The minimum Gasteiger partial charge on any atom is -0.378 e. The highest BCUT2D eigenvalue weighted by atomic mass is 32.1. The Kier molecular flexibility index (Phi) is 5.13. The number of anilines is 2. The van der Waals surface area contributed by atoms with E-state index in [1.165, 1.54) is 12.1 Å². The van der Waals surface area contributed by atoms with E-state index >= 15 is 0 Å². The van der Waals surface area contributed by atoms with Crippen LogP contribution in [-0.4, -0.2) is 37.2 Å². The van der Waals surface area contributed by atoms with Crippen LogP contribution in [0.15, 0.2) is 36.4 Å². The van der Waals surface area contributed by atoms with Gasteiger partial charge in [0.1, 0.15) is 5.82 Å². The number of nitrogens with one attached hydrogen (secondary N) is 1. The van der Waals surface area contributed by atoms with Crippen molar-refractivity contribution >= 4 is 38.8 Å². The molecule has 5 nitrogen and oxygen atoms in total. The van der Waals surface area contributed by atoms with Crippen LogP contribution < -0.4 is 10.2 Å². The van der Waals surface area contributed by atoms with Gasteiger partial charge < -0.3 is 15.0 Å². The Morgan fingerprint density at radius 1 is 1.14 bits per heavy atom. The first-order chi connectivity index (χ1) is 13.8. The molecule has 1 aromatic heterocycles. The highest BCUT2D eigenvalue weighted by molar-refractivity contribution is 7.20. The van der Waals surface area contributed by atoms with Crippen molar-refractivity contribution in [1.29, 1.82) is 0 Å². The van der Waals surface area contributed by atoms with E-state index < -0.39 is 23.5 Å². The molecule has 1 saturated heterocycles. The van der Waals surface area contributed by atoms with Crippen LogP contribution >= 0.6 is 11.3 Å². The van der Waals surface area contributed by atoms with Crippen LogP contribution in [0.2, 0.25) is 0 Å². The number of carbonyl (C=O) groups is 1. The fourth-order valence-electron chi connectivity index (χ4n) is 3.03. The van der Waals surface area contributed by atoms with E-state index in [2.05, 4.69) is 10.3 Å². The molecule has 1 amide bonds. The third kappa shape index (κ3) is 4.18. The molecule has 1 N–H and O–H groups in total. The molecule has 0 radical (unpaired) electrons. The summed E-state index contributed by atoms with van der Waals surface area (Å²) in [6.45, 7) is 2.19. The number of halogens is 4. The van der Waals surface area contributed by atoms with Crippen molar-refractivity contribution in [2.24, 2.45) is 0 Å². The Labute approximate surface area is 166 Å². The van der Waals surface area contributed by atoms with Crippen LogP contribution in [0.4, 0.5) is 28.9 Å². The van der Waals surface area contributed by atoms with E-state index in [0.717, 1.165) is 23.5 Å². The quantitative estimate of drug-likeness (QED) is 0.626. The number of morpholine rings is 1. The van der Waals surface area contributed by atoms with Gasteiger partial charge in [-0.15, -0.1) is 11.3 Å². The molecule has 0 unspecified atom stereocenters. The molecular formula is C19H15F4N3O2S. The molecule has 0 saturated carbocycles. The molecule has 1 aliphatic heterocycles. The van der Waals surface area contributed by atoms with Gasteiger partial charge in [0, 0.05) is 18.8 Å². The zero-order valence-corrected chi connectivity index (χ0v) is 15.7. The lowest BCUT2D eigenvalue weighted by atomic mass is 10.2. The number of alkyl halides is 3. The van der Waals surface area contributed by atoms with Crippen molar-refractivity contribution < 1.29 is 27.1 Å². The molecule has 1 fully saturated rings. The molecular weight excluding hydrogens is 410 g/mol. The van der Waals surface area contributed by atoms with Crippen molar-refractivity contribution in [2.45, 2.75) is 6.18 Å². The van der Waals surface area contributed by atoms with Crippen molar-refractivity contribution in [3.63, 3.8) is 0 Å². The van der Waals surface area contributed by atoms with E-state index in [4.69, 9.17) is 4.74 Å². The maximum absolute atomic E-state index is 14.5. The molecule has 1 aliphatic rings. The minimum absolute atomic E-state index is 0.00279. The van der Waals surface area contributed by atoms with Gasteiger partial charge in [0.25, 0.3) is 5.91 Å². The summed E-state index contributed by atoms with van der Waals surface area (Å²) in [4.78, 5) is 18.3. The number of rotatable bonds is 3. The van der Waals surface area contributed by atoms with Gasteiger partial charge in [-0.05, 0) is 36.4 Å². The second kappa shape index (κ2) is 7.60. The number of ether oxygens (including phenoxy) is 1. The molecule has 2 heterocycles. The highest BCUT2D eigenvalue weighted by Gasteiger charge is 2.31. The first-order valence-corrected chi connectivity index (χ1v) is 9.54. The van der Waals surface area contributed by atoms with Crippen LogP contribution in [0.25, 0.3) is 10.2 Å². The molecule has 0 aliphatic carbocycles. The topological polar surface area (TPSA) is 54.5 Å². The molecule has 3 aromatic rings. The SMILES string of the molecule is O=C(Nc1ccc(N2CCOCC2)c(F)c1)c1nc2cc(C(F)(F)F)ccc2s1. The summed E-state index contributed by atoms with van der Waals surface area (Å²) in [6.07, 6.45) is -4.49. The van der Waals surface area contributed by atoms with Gasteiger partial charge in [-0.1, -0.05) is 0 Å². The number of fused-ring (bicyclic) bond motifs is 1. The molecule has 4 rings (SSSR count). The Bertz CT molecular complexity index is 1060. The second-order valence-electron chi connectivity index (χ2n) is 6.42. The van der Waals surface area contributed by atoms with Crippen LogP contribution in [0.5, 0.6) is 0 Å². The molecule has 2 aromatic carbocycles. The molecule has 10 heteroatoms. The smallest absolute Gasteiger partial charge is 0.378 e. The number of nitrogens with zero attached hydrogens (tertiary/aromatic N) is 2. The van der Waals surface area contributed by atoms with E-state index in [1.807, 2.05) is 4.90 Å². The third-order valence-corrected chi connectivity index (χ3v) is 5.50. The number of benzene rings is 2. The first kappa shape index (κ1) is 19.6. The molecule has 152 valence electrons. The molecule has 29 heavy (non-hydrogen) atoms. The van der Waals surface area contributed by atoms with Crippen molar-refractivity contribution in [3.8, 4) is 0 Å². The maximum Gasteiger partial charge on any atom is 0.416 e. The van der Waals surface area contributed by atoms with Crippen molar-refractivity contribution in [2.75, 3.05) is 36.5 Å². The zero-order chi connectivity index (χ0) is 20.6. The molecule has 0 spiro atoms. The van der Waals surface area contributed by atoms with Crippen molar-refractivity contribution in [1.82, 2.24) is 4.98 Å². The minimum atomic E-state index is -4.49. The van der Waals surface area contributed by atoms with Crippen molar-refractivity contribution in [3.05, 3.63) is 52.8 Å². The summed E-state index contributed by atoms with van der Waals surface area (Å²) in [6, 6.07) is 7.48. The average Bonchev–Trinajstić information content (AvgIpc) is 3.12. The standard InChI is InChI=1S/C19H15F4N3O2S/c20-13-10-12(2-3-15(13)26-5-7-28-8-6-26)24-17(27)18-25-14-9-11(19(21,22)23)1-4-16(14)29-18/h1-4,9-10H,5-8H2,(H,24,27). The van der Waals surface area contributed by atoms with Crippen LogP contribution in [0.1, 0.15) is 15.4 Å². The normalized spacial score (nSPS) is 15.0. The fourth-order valence-corrected chi connectivity index (χ4v) is 3.87. The van der Waals surface area contributed by atoms with Crippen LogP contribution in [-0.2, 0) is 10.9 Å². The number of amides is 1. The average molecular weight is 425 g/mol. The van der Waals surface area contributed by atoms with Crippen LogP contribution in [0, 0.1) is 5.82 Å². The number of aromatic nitrogens is 1. The van der Waals surface area contributed by atoms with E-state index in [9.17, 15) is 22.4 Å². The monoisotopic (exact) mass is 425 g/mol. The fraction of sp³-hybridized carbons (Fsp3) is 0.263. The maximum atomic E-state index is 14.5. The third-order valence-electron chi connectivity index (χ3n) is 4.47. The Balaban J connectivity index is 1.52. The Morgan fingerprint density at radius 2 is 1.90 bits per heavy atom. The van der Waals surface area contributed by atoms with Gasteiger partial charge in [0.2, 0.25) is 0 Å². The lowest BCUT2D eigenvalue weighted by Gasteiger charge is -2.29. The Morgan fingerprint density at radius 3 is 2.59 bits per heavy atom. The summed E-state index contributed by atoms with van der Waals surface area (Å²) in [5.41, 5.74) is -0.0856. The first-order valence-electron chi connectivity index (χ1n) is 8.72. The second-order valence-corrected chi connectivity index (χ2v) is 7.45. The number of hydrogen-bond donors (Lipinski definition) is 1. The lowest BCUT2D eigenvalue weighted by Crippen LogP contribution is -2.36. The number of hydrogen-bond acceptors (Lipinski definition) is 5. The van der Waals surface area contributed by atoms with Gasteiger partial charge in [0.15, 0.2) is 5.01 Å². The van der Waals surface area contributed by atoms with Gasteiger partial charge in [0.05, 0.1) is 34.7 Å².